The van der Waals surface area contributed by atoms with Gasteiger partial charge in [0.15, 0.2) is 0 Å². The fourth-order valence-corrected chi connectivity index (χ4v) is 2.03. The van der Waals surface area contributed by atoms with E-state index >= 15 is 0 Å². The minimum absolute atomic E-state index is 0.334. The van der Waals surface area contributed by atoms with Gasteiger partial charge >= 0.3 is 0 Å². The first-order valence-corrected chi connectivity index (χ1v) is 5.93. The molecule has 96 valence electrons. The predicted octanol–water partition coefficient (Wildman–Crippen LogP) is 2.99. The lowest BCUT2D eigenvalue weighted by Crippen LogP contribution is -2.08. The van der Waals surface area contributed by atoms with Gasteiger partial charge in [0.2, 0.25) is 0 Å². The van der Waals surface area contributed by atoms with Crippen molar-refractivity contribution in [1.82, 2.24) is 9.78 Å². The van der Waals surface area contributed by atoms with Crippen molar-refractivity contribution in [3.8, 4) is 5.69 Å². The quantitative estimate of drug-likeness (QED) is 0.887. The Hall–Kier alpha value is -1.68. The lowest BCUT2D eigenvalue weighted by molar-refractivity contribution is 0.198. The molecule has 4 heteroatoms. The summed E-state index contributed by atoms with van der Waals surface area (Å²) in [5.74, 6) is -0.376. The third-order valence-corrected chi connectivity index (χ3v) is 3.33. The first-order chi connectivity index (χ1) is 8.43. The van der Waals surface area contributed by atoms with Crippen molar-refractivity contribution >= 4 is 0 Å². The second-order valence-electron chi connectivity index (χ2n) is 4.56. The van der Waals surface area contributed by atoms with E-state index in [0.29, 0.717) is 11.3 Å². The van der Waals surface area contributed by atoms with E-state index in [1.54, 1.807) is 23.7 Å². The number of para-hydroxylation sites is 1. The summed E-state index contributed by atoms with van der Waals surface area (Å²) in [7, 11) is 0. The average Bonchev–Trinajstić information content (AvgIpc) is 2.56. The van der Waals surface area contributed by atoms with Gasteiger partial charge in [0.1, 0.15) is 11.5 Å². The van der Waals surface area contributed by atoms with Crippen LogP contribution in [0.4, 0.5) is 4.39 Å². The summed E-state index contributed by atoms with van der Waals surface area (Å²) in [5.41, 5.74) is 3.67. The molecule has 1 atom stereocenters. The molecule has 0 unspecified atom stereocenters. The SMILES string of the molecule is Cc1nn(-c2c(F)cccc2[C@@H](C)O)c(C)c1C. The van der Waals surface area contributed by atoms with Gasteiger partial charge in [0, 0.05) is 11.3 Å². The van der Waals surface area contributed by atoms with Gasteiger partial charge in [-0.1, -0.05) is 12.1 Å². The van der Waals surface area contributed by atoms with Crippen LogP contribution in [0, 0.1) is 26.6 Å². The van der Waals surface area contributed by atoms with Crippen LogP contribution in [0.15, 0.2) is 18.2 Å². The number of aromatic nitrogens is 2. The number of halogens is 1. The molecule has 2 rings (SSSR count). The Balaban J connectivity index is 2.74. The summed E-state index contributed by atoms with van der Waals surface area (Å²) in [6.07, 6.45) is -0.736. The van der Waals surface area contributed by atoms with Crippen LogP contribution >= 0.6 is 0 Å². The molecule has 0 saturated carbocycles. The highest BCUT2D eigenvalue weighted by Gasteiger charge is 2.18. The lowest BCUT2D eigenvalue weighted by atomic mass is 10.1. The number of hydrogen-bond acceptors (Lipinski definition) is 2. The highest BCUT2D eigenvalue weighted by molar-refractivity contribution is 5.45. The van der Waals surface area contributed by atoms with E-state index in [-0.39, 0.29) is 5.82 Å². The zero-order chi connectivity index (χ0) is 13.4. The van der Waals surface area contributed by atoms with Crippen molar-refractivity contribution in [2.45, 2.75) is 33.8 Å². The molecule has 0 spiro atoms. The van der Waals surface area contributed by atoms with Crippen molar-refractivity contribution in [1.29, 1.82) is 0 Å². The molecule has 0 saturated heterocycles. The molecule has 0 bridgehead atoms. The standard InChI is InChI=1S/C14H17FN2O/c1-8-9(2)16-17(10(8)3)14-12(11(4)18)6-5-7-13(14)15/h5-7,11,18H,1-4H3/t11-/m1/s1. The molecule has 0 amide bonds. The Kier molecular flexibility index (Phi) is 3.22. The summed E-state index contributed by atoms with van der Waals surface area (Å²) in [6, 6.07) is 4.70. The molecule has 3 nitrogen and oxygen atoms in total. The molecular formula is C14H17FN2O. The van der Waals surface area contributed by atoms with E-state index < -0.39 is 6.10 Å². The van der Waals surface area contributed by atoms with Gasteiger partial charge < -0.3 is 5.11 Å². The summed E-state index contributed by atoms with van der Waals surface area (Å²) in [4.78, 5) is 0. The van der Waals surface area contributed by atoms with Crippen LogP contribution in [0.25, 0.3) is 5.69 Å². The Labute approximate surface area is 106 Å². The van der Waals surface area contributed by atoms with Gasteiger partial charge in [-0.3, -0.25) is 0 Å². The zero-order valence-electron chi connectivity index (χ0n) is 11.0. The Bertz CT molecular complexity index is 588. The summed E-state index contributed by atoms with van der Waals surface area (Å²) in [5, 5.41) is 14.1. The summed E-state index contributed by atoms with van der Waals surface area (Å²) < 4.78 is 15.6. The van der Waals surface area contributed by atoms with E-state index in [4.69, 9.17) is 0 Å². The molecule has 0 radical (unpaired) electrons. The number of nitrogens with zero attached hydrogens (tertiary/aromatic N) is 2. The topological polar surface area (TPSA) is 38.0 Å². The van der Waals surface area contributed by atoms with Crippen LogP contribution in [-0.2, 0) is 0 Å². The van der Waals surface area contributed by atoms with E-state index in [1.807, 2.05) is 20.8 Å². The van der Waals surface area contributed by atoms with Crippen molar-refractivity contribution in [3.63, 3.8) is 0 Å². The minimum atomic E-state index is -0.736. The molecule has 0 aliphatic carbocycles. The summed E-state index contributed by atoms with van der Waals surface area (Å²) in [6.45, 7) is 7.36. The maximum atomic E-state index is 14.0. The Morgan fingerprint density at radius 2 is 1.94 bits per heavy atom. The monoisotopic (exact) mass is 248 g/mol. The first kappa shape index (κ1) is 12.8. The molecule has 0 fully saturated rings. The molecule has 18 heavy (non-hydrogen) atoms. The molecule has 1 N–H and O–H groups in total. The number of aliphatic hydroxyl groups is 1. The number of hydrogen-bond donors (Lipinski definition) is 1. The maximum Gasteiger partial charge on any atom is 0.149 e. The van der Waals surface area contributed by atoms with Crippen LogP contribution in [0.3, 0.4) is 0 Å². The molecule has 1 aromatic carbocycles. The van der Waals surface area contributed by atoms with Crippen LogP contribution < -0.4 is 0 Å². The third kappa shape index (κ3) is 1.93. The largest absolute Gasteiger partial charge is 0.389 e. The van der Waals surface area contributed by atoms with Gasteiger partial charge in [0.25, 0.3) is 0 Å². The van der Waals surface area contributed by atoms with Crippen LogP contribution in [0.5, 0.6) is 0 Å². The molecule has 0 aliphatic heterocycles. The fourth-order valence-electron chi connectivity index (χ4n) is 2.03. The normalized spacial score (nSPS) is 12.8. The van der Waals surface area contributed by atoms with Gasteiger partial charge in [-0.2, -0.15) is 5.10 Å². The second-order valence-corrected chi connectivity index (χ2v) is 4.56. The van der Waals surface area contributed by atoms with Gasteiger partial charge in [0.05, 0.1) is 11.8 Å². The number of aliphatic hydroxyl groups excluding tert-OH is 1. The highest BCUT2D eigenvalue weighted by Crippen LogP contribution is 2.26. The molecule has 2 aromatic rings. The smallest absolute Gasteiger partial charge is 0.149 e. The van der Waals surface area contributed by atoms with Crippen LogP contribution in [0.2, 0.25) is 0 Å². The highest BCUT2D eigenvalue weighted by atomic mass is 19.1. The molecule has 1 aromatic heterocycles. The van der Waals surface area contributed by atoms with Gasteiger partial charge in [-0.05, 0) is 39.3 Å². The second kappa shape index (κ2) is 4.53. The van der Waals surface area contributed by atoms with Crippen molar-refractivity contribution in [2.75, 3.05) is 0 Å². The number of rotatable bonds is 2. The minimum Gasteiger partial charge on any atom is -0.389 e. The van der Waals surface area contributed by atoms with E-state index in [9.17, 15) is 9.50 Å². The van der Waals surface area contributed by atoms with Crippen LogP contribution in [0.1, 0.15) is 35.5 Å². The Morgan fingerprint density at radius 3 is 2.44 bits per heavy atom. The lowest BCUT2D eigenvalue weighted by Gasteiger charge is -2.14. The molecule has 1 heterocycles. The summed E-state index contributed by atoms with van der Waals surface area (Å²) >= 11 is 0. The van der Waals surface area contributed by atoms with Crippen molar-refractivity contribution in [2.24, 2.45) is 0 Å². The maximum absolute atomic E-state index is 14.0. The van der Waals surface area contributed by atoms with E-state index in [2.05, 4.69) is 5.10 Å². The Morgan fingerprint density at radius 1 is 1.28 bits per heavy atom. The predicted molar refractivity (Wildman–Crippen MR) is 68.4 cm³/mol. The van der Waals surface area contributed by atoms with Crippen molar-refractivity contribution in [3.05, 3.63) is 46.5 Å². The van der Waals surface area contributed by atoms with Gasteiger partial charge in [-0.25, -0.2) is 9.07 Å². The van der Waals surface area contributed by atoms with E-state index in [1.165, 1.54) is 6.07 Å². The van der Waals surface area contributed by atoms with Crippen molar-refractivity contribution < 1.29 is 9.50 Å². The third-order valence-electron chi connectivity index (χ3n) is 3.33. The van der Waals surface area contributed by atoms with Crippen LogP contribution in [-0.4, -0.2) is 14.9 Å². The average molecular weight is 248 g/mol. The first-order valence-electron chi connectivity index (χ1n) is 5.93. The van der Waals surface area contributed by atoms with E-state index in [0.717, 1.165) is 17.0 Å². The number of aryl methyl sites for hydroxylation is 1. The molecule has 0 aliphatic rings. The fraction of sp³-hybridized carbons (Fsp3) is 0.357. The number of benzene rings is 1. The van der Waals surface area contributed by atoms with Gasteiger partial charge in [-0.15, -0.1) is 0 Å². The zero-order valence-corrected chi connectivity index (χ0v) is 11.0. The molecular weight excluding hydrogens is 231 g/mol.